The van der Waals surface area contributed by atoms with Crippen LogP contribution in [0.3, 0.4) is 0 Å². The predicted molar refractivity (Wildman–Crippen MR) is 236 cm³/mol. The third-order valence-electron chi connectivity index (χ3n) is 11.1. The van der Waals surface area contributed by atoms with Crippen LogP contribution in [-0.2, 0) is 0 Å². The van der Waals surface area contributed by atoms with E-state index < -0.39 is 0 Å². The number of benzene rings is 8. The minimum atomic E-state index is 0.595. The molecule has 0 radical (unpaired) electrons. The maximum atomic E-state index is 6.64. The van der Waals surface area contributed by atoms with Gasteiger partial charge in [-0.1, -0.05) is 127 Å². The highest BCUT2D eigenvalue weighted by molar-refractivity contribution is 7.26. The number of furan rings is 1. The van der Waals surface area contributed by atoms with Gasteiger partial charge in [-0.05, 0) is 65.7 Å². The Bertz CT molecular complexity index is 3460. The minimum Gasteiger partial charge on any atom is -0.456 e. The van der Waals surface area contributed by atoms with Crippen molar-refractivity contribution in [3.8, 4) is 51.0 Å². The molecule has 0 aliphatic heterocycles. The number of fused-ring (bicyclic) bond motifs is 10. The summed E-state index contributed by atoms with van der Waals surface area (Å²) in [6.45, 7) is 0. The number of rotatable bonds is 5. The third kappa shape index (κ3) is 5.04. The zero-order valence-electron chi connectivity index (χ0n) is 30.4. The molecule has 8 aromatic carbocycles. The van der Waals surface area contributed by atoms with Gasteiger partial charge in [0.2, 0.25) is 0 Å². The number of hydrogen-bond acceptors (Lipinski definition) is 5. The van der Waals surface area contributed by atoms with E-state index in [4.69, 9.17) is 19.4 Å². The van der Waals surface area contributed by atoms with E-state index >= 15 is 0 Å². The molecule has 0 aliphatic rings. The molecule has 266 valence electrons. The van der Waals surface area contributed by atoms with E-state index in [1.54, 1.807) is 0 Å². The fourth-order valence-electron chi connectivity index (χ4n) is 8.45. The van der Waals surface area contributed by atoms with Gasteiger partial charge in [0.15, 0.2) is 17.5 Å². The summed E-state index contributed by atoms with van der Waals surface area (Å²) in [5, 5.41) is 7.24. The highest BCUT2D eigenvalue weighted by Crippen LogP contribution is 2.45. The van der Waals surface area contributed by atoms with Crippen LogP contribution in [0.25, 0.3) is 115 Å². The standard InChI is InChI=1S/C51H30N4OS/c1-4-13-31(14-5-1)49-52-50(32-15-6-2-7-16-32)54-51(53-49)34-23-25-39-44(30-34)56-43-21-12-20-36(46(39)43)33-24-27-41-40(29-33)47-42(55(41)35-17-8-3-9-18-35)28-26-38-37-19-10-11-22-45(37)57-48(38)47/h1-30H. The summed E-state index contributed by atoms with van der Waals surface area (Å²) >= 11 is 1.88. The second-order valence-electron chi connectivity index (χ2n) is 14.4. The first kappa shape index (κ1) is 31.9. The second kappa shape index (κ2) is 12.6. The molecule has 57 heavy (non-hydrogen) atoms. The van der Waals surface area contributed by atoms with Gasteiger partial charge in [-0.3, -0.25) is 0 Å². The van der Waals surface area contributed by atoms with Gasteiger partial charge >= 0.3 is 0 Å². The molecule has 6 heteroatoms. The molecule has 0 atom stereocenters. The first-order chi connectivity index (χ1) is 28.2. The van der Waals surface area contributed by atoms with Gasteiger partial charge in [-0.2, -0.15) is 0 Å². The lowest BCUT2D eigenvalue weighted by Gasteiger charge is -2.09. The Labute approximate surface area is 330 Å². The Morgan fingerprint density at radius 1 is 0.404 bits per heavy atom. The van der Waals surface area contributed by atoms with Crippen LogP contribution in [0.4, 0.5) is 0 Å². The molecule has 0 amide bonds. The Morgan fingerprint density at radius 3 is 1.79 bits per heavy atom. The van der Waals surface area contributed by atoms with Crippen LogP contribution in [-0.4, -0.2) is 19.5 Å². The lowest BCUT2D eigenvalue weighted by Crippen LogP contribution is -2.00. The zero-order chi connectivity index (χ0) is 37.5. The fraction of sp³-hybridized carbons (Fsp3) is 0. The molecule has 12 rings (SSSR count). The Kier molecular flexibility index (Phi) is 7.03. The van der Waals surface area contributed by atoms with Crippen molar-refractivity contribution < 1.29 is 4.42 Å². The summed E-state index contributed by atoms with van der Waals surface area (Å²) in [5.74, 6) is 1.85. The average molecular weight is 747 g/mol. The molecule has 0 saturated carbocycles. The highest BCUT2D eigenvalue weighted by Gasteiger charge is 2.20. The molecular formula is C51H30N4OS. The quantitative estimate of drug-likeness (QED) is 0.176. The normalized spacial score (nSPS) is 11.9. The molecule has 0 N–H and O–H groups in total. The molecule has 12 aromatic rings. The van der Waals surface area contributed by atoms with Gasteiger partial charge in [-0.15, -0.1) is 11.3 Å². The van der Waals surface area contributed by atoms with Crippen LogP contribution in [0.2, 0.25) is 0 Å². The number of thiophene rings is 1. The van der Waals surface area contributed by atoms with Crippen LogP contribution >= 0.6 is 11.3 Å². The van der Waals surface area contributed by atoms with Crippen molar-refractivity contribution in [1.29, 1.82) is 0 Å². The van der Waals surface area contributed by atoms with Crippen LogP contribution in [0.15, 0.2) is 186 Å². The van der Waals surface area contributed by atoms with Crippen molar-refractivity contribution in [1.82, 2.24) is 19.5 Å². The topological polar surface area (TPSA) is 56.7 Å². The maximum Gasteiger partial charge on any atom is 0.164 e. The van der Waals surface area contributed by atoms with Crippen molar-refractivity contribution in [2.45, 2.75) is 0 Å². The smallest absolute Gasteiger partial charge is 0.164 e. The summed E-state index contributed by atoms with van der Waals surface area (Å²) in [4.78, 5) is 14.8. The van der Waals surface area contributed by atoms with E-state index in [0.29, 0.717) is 17.5 Å². The van der Waals surface area contributed by atoms with E-state index in [1.165, 1.54) is 42.0 Å². The largest absolute Gasteiger partial charge is 0.456 e. The van der Waals surface area contributed by atoms with Crippen molar-refractivity contribution >= 4 is 75.3 Å². The summed E-state index contributed by atoms with van der Waals surface area (Å²) < 4.78 is 11.7. The summed E-state index contributed by atoms with van der Waals surface area (Å²) in [6, 6.07) is 63.7. The van der Waals surface area contributed by atoms with Gasteiger partial charge < -0.3 is 8.98 Å². The van der Waals surface area contributed by atoms with Crippen LogP contribution in [0.1, 0.15) is 0 Å². The van der Waals surface area contributed by atoms with Gasteiger partial charge in [-0.25, -0.2) is 15.0 Å². The lowest BCUT2D eigenvalue weighted by molar-refractivity contribution is 0.669. The van der Waals surface area contributed by atoms with E-state index in [-0.39, 0.29) is 0 Å². The van der Waals surface area contributed by atoms with E-state index in [2.05, 4.69) is 126 Å². The molecule has 0 bridgehead atoms. The number of para-hydroxylation sites is 1. The summed E-state index contributed by atoms with van der Waals surface area (Å²) in [7, 11) is 0. The Morgan fingerprint density at radius 2 is 1.04 bits per heavy atom. The number of aromatic nitrogens is 4. The first-order valence-corrected chi connectivity index (χ1v) is 19.8. The van der Waals surface area contributed by atoms with Crippen LogP contribution in [0, 0.1) is 0 Å². The highest BCUT2D eigenvalue weighted by atomic mass is 32.1. The van der Waals surface area contributed by atoms with E-state index in [0.717, 1.165) is 55.4 Å². The Balaban J connectivity index is 1.05. The van der Waals surface area contributed by atoms with Gasteiger partial charge in [0.25, 0.3) is 0 Å². The fourth-order valence-corrected chi connectivity index (χ4v) is 9.71. The van der Waals surface area contributed by atoms with Crippen molar-refractivity contribution in [3.63, 3.8) is 0 Å². The SMILES string of the molecule is c1ccc(-c2nc(-c3ccccc3)nc(-c3ccc4c(c3)oc3cccc(-c5ccc6c(c5)c5c7sc8ccccc8c7ccc5n6-c5ccccc5)c34)n2)cc1. The van der Waals surface area contributed by atoms with E-state index in [9.17, 15) is 0 Å². The average Bonchev–Trinajstić information content (AvgIpc) is 3.96. The zero-order valence-corrected chi connectivity index (χ0v) is 31.2. The third-order valence-corrected chi connectivity index (χ3v) is 12.3. The second-order valence-corrected chi connectivity index (χ2v) is 15.4. The van der Waals surface area contributed by atoms with Crippen molar-refractivity contribution in [3.05, 3.63) is 182 Å². The molecule has 4 heterocycles. The molecule has 0 unspecified atom stereocenters. The summed E-state index contributed by atoms with van der Waals surface area (Å²) in [6.07, 6.45) is 0. The van der Waals surface area contributed by atoms with Crippen LogP contribution < -0.4 is 0 Å². The number of nitrogens with zero attached hydrogens (tertiary/aromatic N) is 4. The molecule has 0 saturated heterocycles. The first-order valence-electron chi connectivity index (χ1n) is 19.0. The molecule has 0 fully saturated rings. The van der Waals surface area contributed by atoms with E-state index in [1.807, 2.05) is 72.0 Å². The number of hydrogen-bond donors (Lipinski definition) is 0. The molecular weight excluding hydrogens is 717 g/mol. The predicted octanol–water partition coefficient (Wildman–Crippen LogP) is 13.9. The van der Waals surface area contributed by atoms with Crippen LogP contribution in [0.5, 0.6) is 0 Å². The van der Waals surface area contributed by atoms with Gasteiger partial charge in [0.1, 0.15) is 11.2 Å². The molecule has 0 spiro atoms. The van der Waals surface area contributed by atoms with Crippen molar-refractivity contribution in [2.24, 2.45) is 0 Å². The Hall–Kier alpha value is -7.41. The molecule has 0 aliphatic carbocycles. The van der Waals surface area contributed by atoms with Gasteiger partial charge in [0.05, 0.1) is 11.0 Å². The molecule has 5 nitrogen and oxygen atoms in total. The van der Waals surface area contributed by atoms with Gasteiger partial charge in [0, 0.05) is 64.1 Å². The van der Waals surface area contributed by atoms with Crippen molar-refractivity contribution in [2.75, 3.05) is 0 Å². The maximum absolute atomic E-state index is 6.64. The molecule has 4 aromatic heterocycles. The summed E-state index contributed by atoms with van der Waals surface area (Å²) in [5.41, 5.74) is 10.2. The minimum absolute atomic E-state index is 0.595. The lowest BCUT2D eigenvalue weighted by atomic mass is 9.97. The monoisotopic (exact) mass is 746 g/mol.